The zero-order valence-electron chi connectivity index (χ0n) is 22.2. The van der Waals surface area contributed by atoms with Crippen LogP contribution >= 0.6 is 0 Å². The van der Waals surface area contributed by atoms with Crippen LogP contribution in [0.1, 0.15) is 107 Å². The van der Waals surface area contributed by atoms with E-state index in [2.05, 4.69) is 61.5 Å². The fourth-order valence-corrected chi connectivity index (χ4v) is 10.9. The molecule has 0 radical (unpaired) electrons. The minimum atomic E-state index is -0.191. The highest BCUT2D eigenvalue weighted by Gasteiger charge is 2.69. The van der Waals surface area contributed by atoms with Gasteiger partial charge in [-0.2, -0.15) is 0 Å². The Hall–Kier alpha value is -0.340. The summed E-state index contributed by atoms with van der Waals surface area (Å²) in [5.74, 6) is 3.16. The van der Waals surface area contributed by atoms with Gasteiger partial charge in [0.2, 0.25) is 0 Å². The van der Waals surface area contributed by atoms with E-state index in [1.165, 1.54) is 32.1 Å². The third-order valence-electron chi connectivity index (χ3n) is 13.2. The number of hydrogen-bond acceptors (Lipinski definition) is 2. The van der Waals surface area contributed by atoms with Crippen molar-refractivity contribution >= 4 is 0 Å². The summed E-state index contributed by atoms with van der Waals surface area (Å²) in [6.45, 7) is 19.6. The van der Waals surface area contributed by atoms with E-state index in [0.717, 1.165) is 19.3 Å². The van der Waals surface area contributed by atoms with Crippen LogP contribution in [0.25, 0.3) is 0 Å². The first-order chi connectivity index (χ1) is 14.7. The fraction of sp³-hybridized carbons (Fsp3) is 0.933. The predicted octanol–water partition coefficient (Wildman–Crippen LogP) is 7.00. The van der Waals surface area contributed by atoms with Crippen molar-refractivity contribution in [3.05, 3.63) is 11.6 Å². The molecular weight excluding hydrogens is 392 g/mol. The third kappa shape index (κ3) is 2.61. The van der Waals surface area contributed by atoms with Gasteiger partial charge in [-0.25, -0.2) is 0 Å². The molecule has 0 aromatic heterocycles. The zero-order valence-corrected chi connectivity index (χ0v) is 22.2. The van der Waals surface area contributed by atoms with Crippen LogP contribution in [0.2, 0.25) is 0 Å². The second-order valence-electron chi connectivity index (χ2n) is 14.8. The average Bonchev–Trinajstić information content (AvgIpc) is 3.05. The van der Waals surface area contributed by atoms with Crippen molar-refractivity contribution in [3.63, 3.8) is 0 Å². The molecule has 0 saturated heterocycles. The Morgan fingerprint density at radius 2 is 1.47 bits per heavy atom. The zero-order chi connectivity index (χ0) is 23.5. The summed E-state index contributed by atoms with van der Waals surface area (Å²) < 4.78 is 0. The molecule has 32 heavy (non-hydrogen) atoms. The Balaban J connectivity index is 1.61. The van der Waals surface area contributed by atoms with Crippen LogP contribution in [-0.4, -0.2) is 22.4 Å². The minimum absolute atomic E-state index is 0.00192. The molecule has 0 amide bonds. The molecule has 2 heteroatoms. The van der Waals surface area contributed by atoms with Gasteiger partial charge in [-0.15, -0.1) is 0 Å². The van der Waals surface area contributed by atoms with Gasteiger partial charge in [0.1, 0.15) is 0 Å². The summed E-state index contributed by atoms with van der Waals surface area (Å²) in [5, 5.41) is 22.6. The summed E-state index contributed by atoms with van der Waals surface area (Å²) >= 11 is 0. The van der Waals surface area contributed by atoms with Crippen molar-refractivity contribution in [2.45, 2.75) is 119 Å². The lowest BCUT2D eigenvalue weighted by molar-refractivity contribution is -0.209. The number of aliphatic hydroxyl groups excluding tert-OH is 2. The molecule has 4 fully saturated rings. The molecule has 5 aliphatic carbocycles. The maximum absolute atomic E-state index is 11.7. The minimum Gasteiger partial charge on any atom is -0.393 e. The predicted molar refractivity (Wildman–Crippen MR) is 132 cm³/mol. The SMILES string of the molecule is CC(C)[C@@H]1CC[C@]2(C)[C@@H](O)C[C@]3(C)C(=CC[C@@H]4[C@@]5(C)CC[C@H](O)C(C)(C)[C@@H]5CC[C@]43C)[C@@H]12. The molecule has 10 atom stereocenters. The molecule has 0 heterocycles. The first-order valence-electron chi connectivity index (χ1n) is 13.8. The lowest BCUT2D eigenvalue weighted by Gasteiger charge is -2.71. The number of fused-ring (bicyclic) bond motifs is 7. The van der Waals surface area contributed by atoms with Crippen molar-refractivity contribution in [3.8, 4) is 0 Å². The number of aliphatic hydroxyl groups is 2. The van der Waals surface area contributed by atoms with E-state index in [1.54, 1.807) is 5.57 Å². The highest BCUT2D eigenvalue weighted by Crippen LogP contribution is 2.76. The van der Waals surface area contributed by atoms with Crippen LogP contribution in [0.15, 0.2) is 11.6 Å². The van der Waals surface area contributed by atoms with Crippen molar-refractivity contribution in [2.24, 2.45) is 56.7 Å². The van der Waals surface area contributed by atoms with Crippen molar-refractivity contribution < 1.29 is 10.2 Å². The summed E-state index contributed by atoms with van der Waals surface area (Å²) in [4.78, 5) is 0. The molecule has 2 nitrogen and oxygen atoms in total. The van der Waals surface area contributed by atoms with Crippen LogP contribution in [0.4, 0.5) is 0 Å². The van der Waals surface area contributed by atoms with Gasteiger partial charge in [-0.05, 0) is 103 Å². The second-order valence-corrected chi connectivity index (χ2v) is 14.8. The van der Waals surface area contributed by atoms with Gasteiger partial charge in [0.15, 0.2) is 0 Å². The number of allylic oxidation sites excluding steroid dienone is 2. The Labute approximate surface area is 197 Å². The normalized spacial score (nSPS) is 56.7. The Kier molecular flexibility index (Phi) is 5.02. The molecular formula is C30H50O2. The van der Waals surface area contributed by atoms with Crippen LogP contribution in [0.3, 0.4) is 0 Å². The lowest BCUT2D eigenvalue weighted by atomic mass is 9.34. The van der Waals surface area contributed by atoms with Gasteiger partial charge in [0.25, 0.3) is 0 Å². The van der Waals surface area contributed by atoms with Crippen molar-refractivity contribution in [1.29, 1.82) is 0 Å². The molecule has 2 N–H and O–H groups in total. The molecule has 0 aromatic rings. The van der Waals surface area contributed by atoms with E-state index >= 15 is 0 Å². The van der Waals surface area contributed by atoms with Gasteiger partial charge in [-0.1, -0.05) is 67.0 Å². The number of hydrogen-bond donors (Lipinski definition) is 2. The van der Waals surface area contributed by atoms with Gasteiger partial charge in [0.05, 0.1) is 12.2 Å². The molecule has 0 unspecified atom stereocenters. The Morgan fingerprint density at radius 3 is 2.12 bits per heavy atom. The van der Waals surface area contributed by atoms with Gasteiger partial charge < -0.3 is 10.2 Å². The van der Waals surface area contributed by atoms with Crippen LogP contribution < -0.4 is 0 Å². The summed E-state index contributed by atoms with van der Waals surface area (Å²) in [5.41, 5.74) is 2.38. The molecule has 182 valence electrons. The van der Waals surface area contributed by atoms with E-state index < -0.39 is 0 Å². The lowest BCUT2D eigenvalue weighted by Crippen LogP contribution is -2.65. The molecule has 4 saturated carbocycles. The standard InChI is InChI=1S/C30H50O2/c1-18(2)19-11-14-28(6)24(32)17-30(8)20(25(19)28)9-10-22-27(5)15-13-23(31)26(3,4)21(27)12-16-29(22,30)7/h9,18-19,21-25,31-32H,10-17H2,1-8H3/t19-,21-,22+,23-,24-,25+,27-,28+,29+,30+/m0/s1. The average molecular weight is 443 g/mol. The van der Waals surface area contributed by atoms with Crippen molar-refractivity contribution in [1.82, 2.24) is 0 Å². The van der Waals surface area contributed by atoms with E-state index in [0.29, 0.717) is 29.6 Å². The van der Waals surface area contributed by atoms with Gasteiger partial charge in [0, 0.05) is 5.41 Å². The second kappa shape index (κ2) is 6.87. The monoisotopic (exact) mass is 442 g/mol. The maximum atomic E-state index is 11.7. The highest BCUT2D eigenvalue weighted by molar-refractivity contribution is 5.35. The molecule has 0 aromatic carbocycles. The van der Waals surface area contributed by atoms with Crippen LogP contribution in [-0.2, 0) is 0 Å². The van der Waals surface area contributed by atoms with E-state index in [1.807, 2.05) is 0 Å². The molecule has 0 aliphatic heterocycles. The fourth-order valence-electron chi connectivity index (χ4n) is 10.9. The summed E-state index contributed by atoms with van der Waals surface area (Å²) in [6, 6.07) is 0. The highest BCUT2D eigenvalue weighted by atomic mass is 16.3. The molecule has 5 aliphatic rings. The quantitative estimate of drug-likeness (QED) is 0.429. The van der Waals surface area contributed by atoms with Crippen molar-refractivity contribution in [2.75, 3.05) is 0 Å². The van der Waals surface area contributed by atoms with Crippen LogP contribution in [0, 0.1) is 56.7 Å². The first-order valence-corrected chi connectivity index (χ1v) is 13.8. The van der Waals surface area contributed by atoms with Crippen LogP contribution in [0.5, 0.6) is 0 Å². The maximum Gasteiger partial charge on any atom is 0.0608 e. The van der Waals surface area contributed by atoms with E-state index in [-0.39, 0.29) is 39.3 Å². The third-order valence-corrected chi connectivity index (χ3v) is 13.2. The van der Waals surface area contributed by atoms with E-state index in [4.69, 9.17) is 0 Å². The summed E-state index contributed by atoms with van der Waals surface area (Å²) in [7, 11) is 0. The first kappa shape index (κ1) is 23.4. The largest absolute Gasteiger partial charge is 0.393 e. The van der Waals surface area contributed by atoms with Gasteiger partial charge >= 0.3 is 0 Å². The Morgan fingerprint density at radius 1 is 0.812 bits per heavy atom. The molecule has 0 bridgehead atoms. The molecule has 5 rings (SSSR count). The summed E-state index contributed by atoms with van der Waals surface area (Å²) in [6.07, 6.45) is 11.5. The Bertz CT molecular complexity index is 812. The molecule has 0 spiro atoms. The smallest absolute Gasteiger partial charge is 0.0608 e. The van der Waals surface area contributed by atoms with Gasteiger partial charge in [-0.3, -0.25) is 0 Å². The number of rotatable bonds is 1. The van der Waals surface area contributed by atoms with E-state index in [9.17, 15) is 10.2 Å². The topological polar surface area (TPSA) is 40.5 Å².